The summed E-state index contributed by atoms with van der Waals surface area (Å²) in [6.45, 7) is 5.10. The van der Waals surface area contributed by atoms with Crippen LogP contribution in [0.4, 0.5) is 0 Å². The number of carboxylic acids is 1. The smallest absolute Gasteiger partial charge is 0.316 e. The van der Waals surface area contributed by atoms with Gasteiger partial charge in [-0.15, -0.1) is 0 Å². The van der Waals surface area contributed by atoms with Gasteiger partial charge < -0.3 is 15.1 Å². The van der Waals surface area contributed by atoms with E-state index in [4.69, 9.17) is 10.2 Å². The second kappa shape index (κ2) is 5.11. The van der Waals surface area contributed by atoms with Crippen molar-refractivity contribution in [2.45, 2.75) is 20.8 Å². The van der Waals surface area contributed by atoms with Crippen LogP contribution in [0.2, 0.25) is 0 Å². The highest BCUT2D eigenvalue weighted by Gasteiger charge is 2.39. The number of hydrogen-bond acceptors (Lipinski definition) is 3. The maximum Gasteiger partial charge on any atom is 0.316 e. The predicted octanol–water partition coefficient (Wildman–Crippen LogP) is 0.184. The fourth-order valence-corrected chi connectivity index (χ4v) is 1.33. The number of likely N-dealkylation sites (N-methyl/N-ethyl adjacent to an activating group) is 1. The average Bonchev–Trinajstić information content (AvgIpc) is 2.00. The summed E-state index contributed by atoms with van der Waals surface area (Å²) in [5, 5.41) is 17.7. The van der Waals surface area contributed by atoms with Crippen molar-refractivity contribution in [1.29, 1.82) is 0 Å². The molecule has 0 aromatic rings. The minimum atomic E-state index is -1.13. The van der Waals surface area contributed by atoms with E-state index in [1.54, 1.807) is 20.8 Å². The lowest BCUT2D eigenvalue weighted by atomic mass is 9.80. The molecule has 0 radical (unpaired) electrons. The molecule has 2 N–H and O–H groups in total. The Balaban J connectivity index is 4.80. The Morgan fingerprint density at radius 1 is 1.33 bits per heavy atom. The zero-order valence-corrected chi connectivity index (χ0v) is 9.65. The Bertz CT molecular complexity index is 244. The van der Waals surface area contributed by atoms with Gasteiger partial charge in [-0.3, -0.25) is 9.59 Å². The fourth-order valence-electron chi connectivity index (χ4n) is 1.33. The molecule has 1 atom stereocenters. The molecule has 1 unspecified atom stereocenters. The van der Waals surface area contributed by atoms with Gasteiger partial charge in [-0.2, -0.15) is 0 Å². The number of aliphatic hydroxyl groups is 1. The van der Waals surface area contributed by atoms with Crippen molar-refractivity contribution in [3.05, 3.63) is 0 Å². The summed E-state index contributed by atoms with van der Waals surface area (Å²) in [5.74, 6) is -2.67. The van der Waals surface area contributed by atoms with E-state index >= 15 is 0 Å². The van der Waals surface area contributed by atoms with Crippen molar-refractivity contribution in [1.82, 2.24) is 4.90 Å². The van der Waals surface area contributed by atoms with Crippen LogP contribution in [-0.2, 0) is 9.59 Å². The quantitative estimate of drug-likeness (QED) is 0.659. The van der Waals surface area contributed by atoms with Gasteiger partial charge >= 0.3 is 5.97 Å². The Morgan fingerprint density at radius 2 is 1.80 bits per heavy atom. The van der Waals surface area contributed by atoms with Gasteiger partial charge in [0.1, 0.15) is 5.92 Å². The van der Waals surface area contributed by atoms with E-state index in [1.165, 1.54) is 11.9 Å². The Labute approximate surface area is 89.7 Å². The average molecular weight is 217 g/mol. The van der Waals surface area contributed by atoms with E-state index in [2.05, 4.69) is 0 Å². The molecule has 0 aliphatic heterocycles. The van der Waals surface area contributed by atoms with Crippen molar-refractivity contribution in [2.24, 2.45) is 11.3 Å². The van der Waals surface area contributed by atoms with Gasteiger partial charge in [0.15, 0.2) is 0 Å². The number of nitrogens with zero attached hydrogens (tertiary/aromatic N) is 1. The first-order valence-electron chi connectivity index (χ1n) is 4.80. The topological polar surface area (TPSA) is 77.8 Å². The molecule has 0 aliphatic rings. The van der Waals surface area contributed by atoms with E-state index in [0.717, 1.165) is 0 Å². The third-order valence-electron chi connectivity index (χ3n) is 2.17. The number of aliphatic hydroxyl groups excluding tert-OH is 1. The van der Waals surface area contributed by atoms with Gasteiger partial charge in [0, 0.05) is 13.6 Å². The van der Waals surface area contributed by atoms with Crippen molar-refractivity contribution < 1.29 is 19.8 Å². The van der Waals surface area contributed by atoms with Crippen LogP contribution in [0, 0.1) is 11.3 Å². The molecular formula is C10H19NO4. The van der Waals surface area contributed by atoms with Crippen molar-refractivity contribution in [3.8, 4) is 0 Å². The molecule has 0 fully saturated rings. The molecule has 0 spiro atoms. The molecule has 15 heavy (non-hydrogen) atoms. The Kier molecular flexibility index (Phi) is 4.74. The molecule has 0 saturated heterocycles. The van der Waals surface area contributed by atoms with E-state index in [1.807, 2.05) is 0 Å². The number of amides is 1. The van der Waals surface area contributed by atoms with Gasteiger partial charge in [-0.05, 0) is 5.41 Å². The molecule has 88 valence electrons. The van der Waals surface area contributed by atoms with Crippen LogP contribution in [0.3, 0.4) is 0 Å². The highest BCUT2D eigenvalue weighted by Crippen LogP contribution is 2.27. The summed E-state index contributed by atoms with van der Waals surface area (Å²) in [6, 6.07) is 0. The lowest BCUT2D eigenvalue weighted by molar-refractivity contribution is -0.155. The second-order valence-electron chi connectivity index (χ2n) is 4.62. The Hall–Kier alpha value is -1.10. The zero-order chi connectivity index (χ0) is 12.2. The number of carboxylic acid groups (broad SMARTS) is 1. The molecule has 0 aliphatic carbocycles. The van der Waals surface area contributed by atoms with Crippen LogP contribution in [-0.4, -0.2) is 47.2 Å². The summed E-state index contributed by atoms with van der Waals surface area (Å²) in [4.78, 5) is 24.0. The monoisotopic (exact) mass is 217 g/mol. The van der Waals surface area contributed by atoms with Crippen LogP contribution in [0.1, 0.15) is 20.8 Å². The first-order valence-corrected chi connectivity index (χ1v) is 4.80. The molecule has 0 rings (SSSR count). The fraction of sp³-hybridized carbons (Fsp3) is 0.800. The number of rotatable bonds is 4. The number of carbonyl (C=O) groups excluding carboxylic acids is 1. The number of aliphatic carboxylic acids is 1. The minimum Gasteiger partial charge on any atom is -0.481 e. The SMILES string of the molecule is CN(CCO)C(=O)C(C(=O)O)C(C)(C)C. The third-order valence-corrected chi connectivity index (χ3v) is 2.17. The predicted molar refractivity (Wildman–Crippen MR) is 55.3 cm³/mol. The van der Waals surface area contributed by atoms with Gasteiger partial charge in [0.05, 0.1) is 6.61 Å². The van der Waals surface area contributed by atoms with Crippen molar-refractivity contribution >= 4 is 11.9 Å². The maximum absolute atomic E-state index is 11.8. The number of carbonyl (C=O) groups is 2. The lowest BCUT2D eigenvalue weighted by Gasteiger charge is -2.29. The van der Waals surface area contributed by atoms with Crippen molar-refractivity contribution in [3.63, 3.8) is 0 Å². The lowest BCUT2D eigenvalue weighted by Crippen LogP contribution is -2.44. The van der Waals surface area contributed by atoms with Gasteiger partial charge in [0.25, 0.3) is 0 Å². The van der Waals surface area contributed by atoms with Crippen LogP contribution in [0.15, 0.2) is 0 Å². The van der Waals surface area contributed by atoms with Gasteiger partial charge in [0.2, 0.25) is 5.91 Å². The van der Waals surface area contributed by atoms with Crippen molar-refractivity contribution in [2.75, 3.05) is 20.2 Å². The second-order valence-corrected chi connectivity index (χ2v) is 4.62. The highest BCUT2D eigenvalue weighted by atomic mass is 16.4. The van der Waals surface area contributed by atoms with E-state index in [9.17, 15) is 9.59 Å². The van der Waals surface area contributed by atoms with Crippen LogP contribution >= 0.6 is 0 Å². The van der Waals surface area contributed by atoms with Crippen LogP contribution in [0.5, 0.6) is 0 Å². The first kappa shape index (κ1) is 13.9. The molecule has 0 saturated carbocycles. The molecule has 5 nitrogen and oxygen atoms in total. The Morgan fingerprint density at radius 3 is 2.07 bits per heavy atom. The van der Waals surface area contributed by atoms with E-state index in [-0.39, 0.29) is 13.2 Å². The molecule has 0 aromatic carbocycles. The molecule has 0 heterocycles. The maximum atomic E-state index is 11.8. The largest absolute Gasteiger partial charge is 0.481 e. The third kappa shape index (κ3) is 3.87. The molecule has 0 aromatic heterocycles. The van der Waals surface area contributed by atoms with Gasteiger partial charge in [-0.1, -0.05) is 20.8 Å². The summed E-state index contributed by atoms with van der Waals surface area (Å²) < 4.78 is 0. The summed E-state index contributed by atoms with van der Waals surface area (Å²) >= 11 is 0. The standard InChI is InChI=1S/C10H19NO4/c1-10(2,3)7(9(14)15)8(13)11(4)5-6-12/h7,12H,5-6H2,1-4H3,(H,14,15). The molecular weight excluding hydrogens is 198 g/mol. The molecule has 1 amide bonds. The summed E-state index contributed by atoms with van der Waals surface area (Å²) in [7, 11) is 1.49. The van der Waals surface area contributed by atoms with Crippen LogP contribution < -0.4 is 0 Å². The summed E-state index contributed by atoms with van der Waals surface area (Å²) in [5.41, 5.74) is -0.632. The molecule has 0 bridgehead atoms. The van der Waals surface area contributed by atoms with Gasteiger partial charge in [-0.25, -0.2) is 0 Å². The molecule has 5 heteroatoms. The number of hydrogen-bond donors (Lipinski definition) is 2. The van der Waals surface area contributed by atoms with E-state index < -0.39 is 23.2 Å². The normalized spacial score (nSPS) is 13.4. The first-order chi connectivity index (χ1) is 6.71. The highest BCUT2D eigenvalue weighted by molar-refractivity contribution is 5.97. The minimum absolute atomic E-state index is 0.151. The van der Waals surface area contributed by atoms with Crippen LogP contribution in [0.25, 0.3) is 0 Å². The summed E-state index contributed by atoms with van der Waals surface area (Å²) in [6.07, 6.45) is 0. The zero-order valence-electron chi connectivity index (χ0n) is 9.65. The van der Waals surface area contributed by atoms with E-state index in [0.29, 0.717) is 0 Å².